The van der Waals surface area contributed by atoms with Crippen molar-refractivity contribution in [2.75, 3.05) is 46.0 Å². The Labute approximate surface area is 190 Å². The van der Waals surface area contributed by atoms with E-state index in [1.54, 1.807) is 24.3 Å². The van der Waals surface area contributed by atoms with E-state index in [0.29, 0.717) is 37.4 Å². The molecule has 0 radical (unpaired) electrons. The summed E-state index contributed by atoms with van der Waals surface area (Å²) in [5.41, 5.74) is 1.12. The summed E-state index contributed by atoms with van der Waals surface area (Å²) in [7, 11) is 0. The van der Waals surface area contributed by atoms with Gasteiger partial charge in [-0.3, -0.25) is 24.1 Å². The molecular weight excluding hydrogens is 426 g/mol. The first-order valence-electron chi connectivity index (χ1n) is 10.8. The molecule has 172 valence electrons. The van der Waals surface area contributed by atoms with Crippen LogP contribution in [0, 0.1) is 0 Å². The zero-order valence-corrected chi connectivity index (χ0v) is 18.0. The molecule has 1 aliphatic carbocycles. The van der Waals surface area contributed by atoms with Gasteiger partial charge >= 0.3 is 0 Å². The number of hydrogen-bond acceptors (Lipinski definition) is 7. The van der Waals surface area contributed by atoms with Gasteiger partial charge in [-0.15, -0.1) is 0 Å². The van der Waals surface area contributed by atoms with E-state index in [2.05, 4.69) is 15.5 Å². The smallest absolute Gasteiger partial charge is 0.252 e. The molecule has 0 unspecified atom stereocenters. The Morgan fingerprint density at radius 2 is 1.61 bits per heavy atom. The largest absolute Gasteiger partial charge is 0.394 e. The van der Waals surface area contributed by atoms with Crippen LogP contribution in [0.5, 0.6) is 0 Å². The average Bonchev–Trinajstić information content (AvgIpc) is 2.86. The molecule has 0 bridgehead atoms. The van der Waals surface area contributed by atoms with Crippen LogP contribution in [0.1, 0.15) is 42.2 Å². The number of aliphatic hydroxyl groups is 1. The summed E-state index contributed by atoms with van der Waals surface area (Å²) in [6.07, 6.45) is 0. The van der Waals surface area contributed by atoms with E-state index in [4.69, 9.17) is 4.74 Å². The Morgan fingerprint density at radius 3 is 2.27 bits per heavy atom. The molecule has 1 heterocycles. The van der Waals surface area contributed by atoms with Gasteiger partial charge in [0.15, 0.2) is 11.6 Å². The van der Waals surface area contributed by atoms with E-state index in [0.717, 1.165) is 13.1 Å². The number of ketones is 2. The summed E-state index contributed by atoms with van der Waals surface area (Å²) in [5.74, 6) is -1.74. The fourth-order valence-electron chi connectivity index (χ4n) is 3.96. The van der Waals surface area contributed by atoms with E-state index < -0.39 is 24.5 Å². The highest BCUT2D eigenvalue weighted by atomic mass is 16.5. The molecule has 9 nitrogen and oxygen atoms in total. The van der Waals surface area contributed by atoms with Gasteiger partial charge in [0.25, 0.3) is 5.91 Å². The number of aliphatic hydroxyl groups excluding tert-OH is 1. The molecule has 2 amide bonds. The molecule has 0 aromatic heterocycles. The quantitative estimate of drug-likeness (QED) is 0.462. The second kappa shape index (κ2) is 10.0. The number of carbonyl (C=O) groups excluding carboxylic acids is 4. The van der Waals surface area contributed by atoms with Crippen LogP contribution in [0.4, 0.5) is 0 Å². The summed E-state index contributed by atoms with van der Waals surface area (Å²) in [4.78, 5) is 52.9. The van der Waals surface area contributed by atoms with Gasteiger partial charge in [0.1, 0.15) is 6.04 Å². The highest BCUT2D eigenvalue weighted by molar-refractivity contribution is 6.28. The standard InChI is InChI=1S/C24H25N3O6/c28-14-20(24(32)25-7-8-27-9-11-33-12-10-27)26-23(31)15-5-6-18-19(13-15)22(30)17-4-2-1-3-16(17)21(18)29/h1-6,13,20,28H,7-12,14H2,(H,25,32)(H,26,31)/t20-/m0/s1. The Bertz CT molecular complexity index is 1090. The molecule has 3 N–H and O–H groups in total. The van der Waals surface area contributed by atoms with Crippen LogP contribution in [-0.4, -0.2) is 85.4 Å². The van der Waals surface area contributed by atoms with Crippen molar-refractivity contribution in [2.45, 2.75) is 6.04 Å². The zero-order valence-electron chi connectivity index (χ0n) is 18.0. The molecule has 2 aromatic rings. The summed E-state index contributed by atoms with van der Waals surface area (Å²) in [6.45, 7) is 3.34. The molecule has 2 aromatic carbocycles. The maximum Gasteiger partial charge on any atom is 0.252 e. The summed E-state index contributed by atoms with van der Waals surface area (Å²) in [6, 6.07) is 9.63. The Morgan fingerprint density at radius 1 is 0.970 bits per heavy atom. The van der Waals surface area contributed by atoms with Gasteiger partial charge in [-0.25, -0.2) is 0 Å². The van der Waals surface area contributed by atoms with Gasteiger partial charge in [-0.05, 0) is 18.2 Å². The molecule has 0 saturated carbocycles. The van der Waals surface area contributed by atoms with Crippen molar-refractivity contribution >= 4 is 23.4 Å². The molecule has 2 aliphatic rings. The molecule has 1 fully saturated rings. The SMILES string of the molecule is O=C(N[C@@H](CO)C(=O)NCCN1CCOCC1)c1ccc2c(c1)C(=O)c1ccccc1C2=O. The lowest BCUT2D eigenvalue weighted by Gasteiger charge is -2.26. The van der Waals surface area contributed by atoms with Crippen LogP contribution in [-0.2, 0) is 9.53 Å². The van der Waals surface area contributed by atoms with Crippen molar-refractivity contribution in [3.63, 3.8) is 0 Å². The van der Waals surface area contributed by atoms with E-state index in [1.165, 1.54) is 18.2 Å². The number of hydrogen-bond donors (Lipinski definition) is 3. The average molecular weight is 451 g/mol. The summed E-state index contributed by atoms with van der Waals surface area (Å²) >= 11 is 0. The molecule has 9 heteroatoms. The first-order chi connectivity index (χ1) is 16.0. The molecule has 4 rings (SSSR count). The summed E-state index contributed by atoms with van der Waals surface area (Å²) in [5, 5.41) is 14.8. The third-order valence-corrected chi connectivity index (χ3v) is 5.82. The van der Waals surface area contributed by atoms with Gasteiger partial charge < -0.3 is 20.5 Å². The van der Waals surface area contributed by atoms with Crippen molar-refractivity contribution < 1.29 is 29.0 Å². The van der Waals surface area contributed by atoms with Crippen molar-refractivity contribution in [3.05, 3.63) is 70.3 Å². The number of ether oxygens (including phenoxy) is 1. The highest BCUT2D eigenvalue weighted by Gasteiger charge is 2.30. The van der Waals surface area contributed by atoms with E-state index in [-0.39, 0.29) is 28.3 Å². The number of rotatable bonds is 7. The predicted octanol–water partition coefficient (Wildman–Crippen LogP) is 0.00110. The lowest BCUT2D eigenvalue weighted by molar-refractivity contribution is -0.123. The minimum atomic E-state index is -1.14. The van der Waals surface area contributed by atoms with Crippen LogP contribution >= 0.6 is 0 Å². The molecular formula is C24H25N3O6. The Hall–Kier alpha value is -3.40. The maximum absolute atomic E-state index is 12.9. The predicted molar refractivity (Wildman–Crippen MR) is 118 cm³/mol. The van der Waals surface area contributed by atoms with Gasteiger partial charge in [0, 0.05) is 54.0 Å². The number of carbonyl (C=O) groups is 4. The van der Waals surface area contributed by atoms with Gasteiger partial charge in [0.2, 0.25) is 5.91 Å². The van der Waals surface area contributed by atoms with Crippen LogP contribution in [0.2, 0.25) is 0 Å². The van der Waals surface area contributed by atoms with Crippen LogP contribution in [0.25, 0.3) is 0 Å². The minimum Gasteiger partial charge on any atom is -0.394 e. The number of morpholine rings is 1. The van der Waals surface area contributed by atoms with Crippen molar-refractivity contribution in [1.29, 1.82) is 0 Å². The number of fused-ring (bicyclic) bond motifs is 2. The number of amides is 2. The third-order valence-electron chi connectivity index (χ3n) is 5.82. The molecule has 1 saturated heterocycles. The van der Waals surface area contributed by atoms with Gasteiger partial charge in [0.05, 0.1) is 19.8 Å². The number of nitrogens with zero attached hydrogens (tertiary/aromatic N) is 1. The number of benzene rings is 2. The van der Waals surface area contributed by atoms with E-state index in [1.807, 2.05) is 0 Å². The normalized spacial score (nSPS) is 16.5. The second-order valence-corrected chi connectivity index (χ2v) is 7.92. The van der Waals surface area contributed by atoms with Crippen molar-refractivity contribution in [2.24, 2.45) is 0 Å². The van der Waals surface area contributed by atoms with Crippen molar-refractivity contribution in [1.82, 2.24) is 15.5 Å². The zero-order chi connectivity index (χ0) is 23.4. The van der Waals surface area contributed by atoms with Crippen LogP contribution in [0.15, 0.2) is 42.5 Å². The van der Waals surface area contributed by atoms with Gasteiger partial charge in [-0.2, -0.15) is 0 Å². The summed E-state index contributed by atoms with van der Waals surface area (Å²) < 4.78 is 5.28. The topological polar surface area (TPSA) is 125 Å². The number of nitrogens with one attached hydrogen (secondary N) is 2. The third kappa shape index (κ3) is 4.85. The Balaban J connectivity index is 1.40. The maximum atomic E-state index is 12.9. The molecule has 1 atom stereocenters. The van der Waals surface area contributed by atoms with Gasteiger partial charge in [-0.1, -0.05) is 24.3 Å². The first kappa shape index (κ1) is 22.8. The molecule has 0 spiro atoms. The minimum absolute atomic E-state index is 0.119. The highest BCUT2D eigenvalue weighted by Crippen LogP contribution is 2.27. The van der Waals surface area contributed by atoms with Crippen LogP contribution in [0.3, 0.4) is 0 Å². The lowest BCUT2D eigenvalue weighted by atomic mass is 9.83. The first-order valence-corrected chi connectivity index (χ1v) is 10.8. The second-order valence-electron chi connectivity index (χ2n) is 7.92. The van der Waals surface area contributed by atoms with Crippen LogP contribution < -0.4 is 10.6 Å². The lowest BCUT2D eigenvalue weighted by Crippen LogP contribution is -2.50. The van der Waals surface area contributed by atoms with E-state index >= 15 is 0 Å². The molecule has 1 aliphatic heterocycles. The van der Waals surface area contributed by atoms with E-state index in [9.17, 15) is 24.3 Å². The fraction of sp³-hybridized carbons (Fsp3) is 0.333. The molecule has 33 heavy (non-hydrogen) atoms. The van der Waals surface area contributed by atoms with Crippen molar-refractivity contribution in [3.8, 4) is 0 Å². The fourth-order valence-corrected chi connectivity index (χ4v) is 3.96. The monoisotopic (exact) mass is 451 g/mol. The Kier molecular flexibility index (Phi) is 6.93.